The van der Waals surface area contributed by atoms with Crippen LogP contribution in [0.4, 0.5) is 15.8 Å². The van der Waals surface area contributed by atoms with E-state index in [0.717, 1.165) is 12.0 Å². The van der Waals surface area contributed by atoms with Crippen molar-refractivity contribution in [2.45, 2.75) is 18.4 Å². The summed E-state index contributed by atoms with van der Waals surface area (Å²) in [6, 6.07) is 9.45. The summed E-state index contributed by atoms with van der Waals surface area (Å²) in [6.07, 6.45) is 4.84. The molecule has 0 spiro atoms. The molecule has 2 aromatic rings. The molecule has 1 N–H and O–H groups in total. The van der Waals surface area contributed by atoms with Crippen molar-refractivity contribution in [3.8, 4) is 5.75 Å². The van der Waals surface area contributed by atoms with Gasteiger partial charge in [-0.25, -0.2) is 4.39 Å². The Labute approximate surface area is 144 Å². The number of fused-ring (bicyclic) bond motifs is 3. The third kappa shape index (κ3) is 2.45. The van der Waals surface area contributed by atoms with Crippen molar-refractivity contribution in [1.82, 2.24) is 0 Å². The van der Waals surface area contributed by atoms with E-state index >= 15 is 0 Å². The zero-order valence-corrected chi connectivity index (χ0v) is 13.6. The molecule has 0 fully saturated rings. The Morgan fingerprint density at radius 2 is 2.16 bits per heavy atom. The third-order valence-electron chi connectivity index (χ3n) is 5.08. The van der Waals surface area contributed by atoms with Crippen LogP contribution >= 0.6 is 0 Å². The fourth-order valence-corrected chi connectivity index (χ4v) is 4.02. The standard InChI is InChI=1S/C19H17FN2O3/c1-25-16-9-8-15(22(23)24)17-13-6-3-7-14(13)18(21-19(16)17)11-4-2-5-12(20)10-11/h2-6,8-10,13-14,18,21H,7H2,1H3/t13-,14+,18-/m1/s1. The number of methoxy groups -OCH3 is 1. The van der Waals surface area contributed by atoms with Crippen molar-refractivity contribution in [1.29, 1.82) is 0 Å². The van der Waals surface area contributed by atoms with Crippen molar-refractivity contribution < 1.29 is 14.1 Å². The fourth-order valence-electron chi connectivity index (χ4n) is 4.02. The number of halogens is 1. The molecule has 128 valence electrons. The van der Waals surface area contributed by atoms with Crippen LogP contribution in [0.15, 0.2) is 48.6 Å². The van der Waals surface area contributed by atoms with Crippen LogP contribution in [-0.4, -0.2) is 12.0 Å². The molecule has 4 rings (SSSR count). The summed E-state index contributed by atoms with van der Waals surface area (Å²) >= 11 is 0. The van der Waals surface area contributed by atoms with Crippen LogP contribution in [-0.2, 0) is 0 Å². The van der Waals surface area contributed by atoms with Gasteiger partial charge in [0.2, 0.25) is 0 Å². The number of rotatable bonds is 3. The number of anilines is 1. The first-order chi connectivity index (χ1) is 12.1. The van der Waals surface area contributed by atoms with Gasteiger partial charge in [0.1, 0.15) is 11.6 Å². The summed E-state index contributed by atoms with van der Waals surface area (Å²) in [6.45, 7) is 0. The molecule has 25 heavy (non-hydrogen) atoms. The zero-order valence-electron chi connectivity index (χ0n) is 13.6. The second kappa shape index (κ2) is 5.88. The second-order valence-corrected chi connectivity index (χ2v) is 6.36. The number of hydrogen-bond acceptors (Lipinski definition) is 4. The summed E-state index contributed by atoms with van der Waals surface area (Å²) in [5.41, 5.74) is 2.19. The highest BCUT2D eigenvalue weighted by Crippen LogP contribution is 2.54. The molecule has 1 heterocycles. The Bertz CT molecular complexity index is 881. The van der Waals surface area contributed by atoms with E-state index in [4.69, 9.17) is 4.74 Å². The number of nitrogens with zero attached hydrogens (tertiary/aromatic N) is 1. The summed E-state index contributed by atoms with van der Waals surface area (Å²) in [5.74, 6) is 0.263. The topological polar surface area (TPSA) is 64.4 Å². The van der Waals surface area contributed by atoms with Crippen molar-refractivity contribution in [2.24, 2.45) is 5.92 Å². The predicted octanol–water partition coefficient (Wildman–Crippen LogP) is 4.57. The third-order valence-corrected chi connectivity index (χ3v) is 5.08. The molecule has 6 heteroatoms. The summed E-state index contributed by atoms with van der Waals surface area (Å²) < 4.78 is 19.1. The average Bonchev–Trinajstić information content (AvgIpc) is 3.09. The molecule has 2 aliphatic rings. The fraction of sp³-hybridized carbons (Fsp3) is 0.263. The molecular formula is C19H17FN2O3. The van der Waals surface area contributed by atoms with Gasteiger partial charge in [-0.15, -0.1) is 0 Å². The van der Waals surface area contributed by atoms with Gasteiger partial charge < -0.3 is 10.1 Å². The monoisotopic (exact) mass is 340 g/mol. The van der Waals surface area contributed by atoms with E-state index in [1.54, 1.807) is 12.1 Å². The number of benzene rings is 2. The van der Waals surface area contributed by atoms with Crippen LogP contribution in [0, 0.1) is 21.8 Å². The minimum absolute atomic E-state index is 0.0857. The van der Waals surface area contributed by atoms with Crippen LogP contribution in [0.5, 0.6) is 5.75 Å². The molecule has 0 saturated carbocycles. The molecule has 0 saturated heterocycles. The smallest absolute Gasteiger partial charge is 0.275 e. The summed E-state index contributed by atoms with van der Waals surface area (Å²) in [4.78, 5) is 11.2. The van der Waals surface area contributed by atoms with Gasteiger partial charge in [0.15, 0.2) is 0 Å². The molecule has 0 aromatic heterocycles. The van der Waals surface area contributed by atoms with E-state index in [0.29, 0.717) is 17.0 Å². The molecule has 1 aliphatic heterocycles. The molecule has 1 aliphatic carbocycles. The highest BCUT2D eigenvalue weighted by molar-refractivity contribution is 5.73. The molecule has 3 atom stereocenters. The van der Waals surface area contributed by atoms with Gasteiger partial charge >= 0.3 is 0 Å². The second-order valence-electron chi connectivity index (χ2n) is 6.36. The van der Waals surface area contributed by atoms with Crippen LogP contribution in [0.25, 0.3) is 0 Å². The number of allylic oxidation sites excluding steroid dienone is 2. The predicted molar refractivity (Wildman–Crippen MR) is 92.4 cm³/mol. The van der Waals surface area contributed by atoms with E-state index in [1.807, 2.05) is 18.2 Å². The molecule has 0 amide bonds. The van der Waals surface area contributed by atoms with Gasteiger partial charge in [0, 0.05) is 12.0 Å². The van der Waals surface area contributed by atoms with Crippen LogP contribution < -0.4 is 10.1 Å². The normalized spacial score (nSPS) is 23.5. The Hall–Kier alpha value is -2.89. The highest BCUT2D eigenvalue weighted by Gasteiger charge is 2.42. The Morgan fingerprint density at radius 3 is 2.88 bits per heavy atom. The van der Waals surface area contributed by atoms with Crippen molar-refractivity contribution in [3.63, 3.8) is 0 Å². The van der Waals surface area contributed by atoms with Gasteiger partial charge in [0.05, 0.1) is 29.3 Å². The molecule has 5 nitrogen and oxygen atoms in total. The van der Waals surface area contributed by atoms with E-state index in [1.165, 1.54) is 25.3 Å². The lowest BCUT2D eigenvalue weighted by atomic mass is 9.76. The summed E-state index contributed by atoms with van der Waals surface area (Å²) in [5, 5.41) is 14.9. The molecule has 0 bridgehead atoms. The van der Waals surface area contributed by atoms with Crippen LogP contribution in [0.2, 0.25) is 0 Å². The number of hydrogen-bond donors (Lipinski definition) is 1. The van der Waals surface area contributed by atoms with E-state index in [2.05, 4.69) is 5.32 Å². The van der Waals surface area contributed by atoms with Crippen molar-refractivity contribution >= 4 is 11.4 Å². The van der Waals surface area contributed by atoms with E-state index in [-0.39, 0.29) is 34.3 Å². The van der Waals surface area contributed by atoms with Crippen molar-refractivity contribution in [3.05, 3.63) is 75.6 Å². The summed E-state index contributed by atoms with van der Waals surface area (Å²) in [7, 11) is 1.54. The lowest BCUT2D eigenvalue weighted by Gasteiger charge is -2.37. The van der Waals surface area contributed by atoms with Gasteiger partial charge in [-0.1, -0.05) is 24.3 Å². The Kier molecular flexibility index (Phi) is 3.67. The minimum atomic E-state index is -0.355. The first-order valence-electron chi connectivity index (χ1n) is 8.14. The number of nitro groups is 1. The van der Waals surface area contributed by atoms with Gasteiger partial charge in [-0.05, 0) is 36.1 Å². The quantitative estimate of drug-likeness (QED) is 0.505. The number of nitrogens with one attached hydrogen (secondary N) is 1. The van der Waals surface area contributed by atoms with Gasteiger partial charge in [-0.2, -0.15) is 0 Å². The van der Waals surface area contributed by atoms with Crippen LogP contribution in [0.3, 0.4) is 0 Å². The molecule has 0 unspecified atom stereocenters. The maximum absolute atomic E-state index is 13.7. The van der Waals surface area contributed by atoms with E-state index in [9.17, 15) is 14.5 Å². The SMILES string of the molecule is COc1ccc([N+](=O)[O-])c2c1N[C@H](c1cccc(F)c1)[C@H]1CC=C[C@@H]21. The number of nitro benzene ring substituents is 1. The Balaban J connectivity index is 1.89. The average molecular weight is 340 g/mol. The molecule has 0 radical (unpaired) electrons. The van der Waals surface area contributed by atoms with Crippen LogP contribution in [0.1, 0.15) is 29.5 Å². The minimum Gasteiger partial charge on any atom is -0.495 e. The first kappa shape index (κ1) is 15.6. The maximum atomic E-state index is 13.7. The first-order valence-corrected chi connectivity index (χ1v) is 8.14. The number of ether oxygens (including phenoxy) is 1. The highest BCUT2D eigenvalue weighted by atomic mass is 19.1. The van der Waals surface area contributed by atoms with Crippen molar-refractivity contribution in [2.75, 3.05) is 12.4 Å². The lowest BCUT2D eigenvalue weighted by molar-refractivity contribution is -0.385. The zero-order chi connectivity index (χ0) is 17.6. The Morgan fingerprint density at radius 1 is 1.32 bits per heavy atom. The van der Waals surface area contributed by atoms with E-state index < -0.39 is 0 Å². The van der Waals surface area contributed by atoms with Gasteiger partial charge in [0.25, 0.3) is 5.69 Å². The molecule has 2 aromatic carbocycles. The molecular weight excluding hydrogens is 323 g/mol. The largest absolute Gasteiger partial charge is 0.495 e. The maximum Gasteiger partial charge on any atom is 0.275 e. The lowest BCUT2D eigenvalue weighted by Crippen LogP contribution is -2.30. The van der Waals surface area contributed by atoms with Gasteiger partial charge in [-0.3, -0.25) is 10.1 Å².